The minimum Gasteiger partial charge on any atom is -0.496 e. The number of hydrogen-bond donors (Lipinski definition) is 1. The maximum atomic E-state index is 11.8. The largest absolute Gasteiger partial charge is 0.496 e. The number of methoxy groups -OCH3 is 1. The molecule has 1 aliphatic heterocycles. The molecule has 0 spiro atoms. The molecule has 1 amide bonds. The molecule has 0 unspecified atom stereocenters. The lowest BCUT2D eigenvalue weighted by atomic mass is 10.1. The van der Waals surface area contributed by atoms with Crippen LogP contribution in [-0.2, 0) is 11.3 Å². The van der Waals surface area contributed by atoms with Crippen molar-refractivity contribution in [2.75, 3.05) is 13.7 Å². The highest BCUT2D eigenvalue weighted by Gasteiger charge is 2.20. The van der Waals surface area contributed by atoms with Crippen LogP contribution in [0.2, 0.25) is 0 Å². The van der Waals surface area contributed by atoms with Gasteiger partial charge in [-0.3, -0.25) is 4.79 Å². The topological polar surface area (TPSA) is 66.8 Å². The highest BCUT2D eigenvalue weighted by Crippen LogP contribution is 2.23. The first-order valence-electron chi connectivity index (χ1n) is 6.30. The molecule has 0 aliphatic carbocycles. The van der Waals surface area contributed by atoms with Gasteiger partial charge in [-0.05, 0) is 31.0 Å². The van der Waals surface area contributed by atoms with Crippen LogP contribution >= 0.6 is 0 Å². The van der Waals surface area contributed by atoms with Crippen molar-refractivity contribution in [3.05, 3.63) is 29.3 Å². The second-order valence-corrected chi connectivity index (χ2v) is 4.60. The van der Waals surface area contributed by atoms with E-state index in [9.17, 15) is 9.59 Å². The number of carboxylic acids is 1. The van der Waals surface area contributed by atoms with Crippen LogP contribution < -0.4 is 4.74 Å². The summed E-state index contributed by atoms with van der Waals surface area (Å²) in [5.41, 5.74) is 0.943. The normalized spacial score (nSPS) is 15.4. The Balaban J connectivity index is 2.23. The van der Waals surface area contributed by atoms with Gasteiger partial charge in [-0.1, -0.05) is 0 Å². The van der Waals surface area contributed by atoms with Crippen molar-refractivity contribution in [1.29, 1.82) is 0 Å². The first kappa shape index (κ1) is 13.4. The van der Waals surface area contributed by atoms with Crippen LogP contribution in [-0.4, -0.2) is 35.5 Å². The highest BCUT2D eigenvalue weighted by atomic mass is 16.5. The molecule has 1 heterocycles. The van der Waals surface area contributed by atoms with Gasteiger partial charge in [0.25, 0.3) is 0 Å². The van der Waals surface area contributed by atoms with Crippen LogP contribution in [0.5, 0.6) is 5.75 Å². The molecule has 102 valence electrons. The molecule has 19 heavy (non-hydrogen) atoms. The van der Waals surface area contributed by atoms with Crippen molar-refractivity contribution in [2.24, 2.45) is 0 Å². The lowest BCUT2D eigenvalue weighted by molar-refractivity contribution is -0.133. The summed E-state index contributed by atoms with van der Waals surface area (Å²) in [6, 6.07) is 4.71. The van der Waals surface area contributed by atoms with E-state index in [-0.39, 0.29) is 11.5 Å². The van der Waals surface area contributed by atoms with Crippen molar-refractivity contribution in [2.45, 2.75) is 25.8 Å². The number of amides is 1. The molecule has 1 aromatic carbocycles. The van der Waals surface area contributed by atoms with Gasteiger partial charge >= 0.3 is 5.97 Å². The number of aromatic carboxylic acids is 1. The predicted molar refractivity (Wildman–Crippen MR) is 69.2 cm³/mol. The van der Waals surface area contributed by atoms with Crippen LogP contribution in [0.3, 0.4) is 0 Å². The maximum absolute atomic E-state index is 11.8. The molecule has 1 fully saturated rings. The summed E-state index contributed by atoms with van der Waals surface area (Å²) in [4.78, 5) is 24.5. The number of ether oxygens (including phenoxy) is 1. The molecule has 1 N–H and O–H groups in total. The predicted octanol–water partition coefficient (Wildman–Crippen LogP) is 1.91. The standard InChI is InChI=1S/C14H17NO4/c1-19-12-6-5-10(14(17)18)8-11(12)9-15-7-3-2-4-13(15)16/h5-6,8H,2-4,7,9H2,1H3,(H,17,18). The van der Waals surface area contributed by atoms with E-state index in [2.05, 4.69) is 0 Å². The Morgan fingerprint density at radius 3 is 2.84 bits per heavy atom. The molecule has 1 aromatic rings. The second-order valence-electron chi connectivity index (χ2n) is 4.60. The van der Waals surface area contributed by atoms with E-state index >= 15 is 0 Å². The fourth-order valence-electron chi connectivity index (χ4n) is 2.27. The van der Waals surface area contributed by atoms with Gasteiger partial charge in [0.15, 0.2) is 0 Å². The number of likely N-dealkylation sites (tertiary alicyclic amines) is 1. The van der Waals surface area contributed by atoms with Crippen molar-refractivity contribution in [1.82, 2.24) is 4.90 Å². The van der Waals surface area contributed by atoms with Crippen molar-refractivity contribution in [3.63, 3.8) is 0 Å². The number of carbonyl (C=O) groups excluding carboxylic acids is 1. The van der Waals surface area contributed by atoms with Gasteiger partial charge in [0.1, 0.15) is 5.75 Å². The Kier molecular flexibility index (Phi) is 4.04. The van der Waals surface area contributed by atoms with E-state index in [0.717, 1.165) is 24.9 Å². The zero-order chi connectivity index (χ0) is 13.8. The van der Waals surface area contributed by atoms with Gasteiger partial charge < -0.3 is 14.7 Å². The van der Waals surface area contributed by atoms with Gasteiger partial charge in [0.2, 0.25) is 5.91 Å². The molecule has 5 nitrogen and oxygen atoms in total. The van der Waals surface area contributed by atoms with E-state index in [0.29, 0.717) is 18.7 Å². The van der Waals surface area contributed by atoms with Crippen molar-refractivity contribution >= 4 is 11.9 Å². The summed E-state index contributed by atoms with van der Waals surface area (Å²) < 4.78 is 5.23. The zero-order valence-electron chi connectivity index (χ0n) is 10.9. The Bertz CT molecular complexity index is 498. The number of benzene rings is 1. The molecular formula is C14H17NO4. The van der Waals surface area contributed by atoms with Crippen LogP contribution in [0, 0.1) is 0 Å². The summed E-state index contributed by atoms with van der Waals surface area (Å²) in [5.74, 6) is -0.244. The quantitative estimate of drug-likeness (QED) is 0.901. The van der Waals surface area contributed by atoms with Crippen LogP contribution in [0.15, 0.2) is 18.2 Å². The van der Waals surface area contributed by atoms with Gasteiger partial charge in [0, 0.05) is 25.1 Å². The number of carbonyl (C=O) groups is 2. The van der Waals surface area contributed by atoms with E-state index in [4.69, 9.17) is 9.84 Å². The average Bonchev–Trinajstić information content (AvgIpc) is 2.41. The summed E-state index contributed by atoms with van der Waals surface area (Å²) in [6.45, 7) is 1.13. The minimum absolute atomic E-state index is 0.119. The summed E-state index contributed by atoms with van der Waals surface area (Å²) in [7, 11) is 1.54. The Labute approximate surface area is 111 Å². The summed E-state index contributed by atoms with van der Waals surface area (Å²) in [5, 5.41) is 9.01. The molecule has 2 rings (SSSR count). The smallest absolute Gasteiger partial charge is 0.335 e. The molecule has 1 saturated heterocycles. The first-order valence-corrected chi connectivity index (χ1v) is 6.30. The summed E-state index contributed by atoms with van der Waals surface area (Å²) in [6.07, 6.45) is 2.50. The minimum atomic E-state index is -0.978. The highest BCUT2D eigenvalue weighted by molar-refractivity contribution is 5.88. The van der Waals surface area contributed by atoms with E-state index in [1.165, 1.54) is 13.2 Å². The fourth-order valence-corrected chi connectivity index (χ4v) is 2.27. The lowest BCUT2D eigenvalue weighted by Crippen LogP contribution is -2.34. The Morgan fingerprint density at radius 2 is 2.21 bits per heavy atom. The fraction of sp³-hybridized carbons (Fsp3) is 0.429. The number of nitrogens with zero attached hydrogens (tertiary/aromatic N) is 1. The average molecular weight is 263 g/mol. The number of piperidine rings is 1. The van der Waals surface area contributed by atoms with Gasteiger partial charge in [-0.25, -0.2) is 4.79 Å². The Hall–Kier alpha value is -2.04. The molecule has 0 radical (unpaired) electrons. The van der Waals surface area contributed by atoms with Gasteiger partial charge in [-0.15, -0.1) is 0 Å². The third-order valence-corrected chi connectivity index (χ3v) is 3.31. The third kappa shape index (κ3) is 3.05. The molecule has 0 saturated carbocycles. The molecule has 5 heteroatoms. The van der Waals surface area contributed by atoms with Gasteiger partial charge in [-0.2, -0.15) is 0 Å². The monoisotopic (exact) mass is 263 g/mol. The SMILES string of the molecule is COc1ccc(C(=O)O)cc1CN1CCCCC1=O. The molecule has 1 aliphatic rings. The molecule has 0 atom stereocenters. The zero-order valence-corrected chi connectivity index (χ0v) is 10.9. The molecule has 0 bridgehead atoms. The second kappa shape index (κ2) is 5.73. The summed E-state index contributed by atoms with van der Waals surface area (Å²) >= 11 is 0. The third-order valence-electron chi connectivity index (χ3n) is 3.31. The van der Waals surface area contributed by atoms with Crippen LogP contribution in [0.25, 0.3) is 0 Å². The van der Waals surface area contributed by atoms with Crippen molar-refractivity contribution < 1.29 is 19.4 Å². The number of hydrogen-bond acceptors (Lipinski definition) is 3. The number of rotatable bonds is 4. The number of carboxylic acid groups (broad SMARTS) is 1. The Morgan fingerprint density at radius 1 is 1.42 bits per heavy atom. The van der Waals surface area contributed by atoms with Crippen LogP contribution in [0.1, 0.15) is 35.2 Å². The molecule has 0 aromatic heterocycles. The van der Waals surface area contributed by atoms with Gasteiger partial charge in [0.05, 0.1) is 12.7 Å². The molecular weight excluding hydrogens is 246 g/mol. The van der Waals surface area contributed by atoms with E-state index in [1.54, 1.807) is 17.0 Å². The van der Waals surface area contributed by atoms with Crippen LogP contribution in [0.4, 0.5) is 0 Å². The van der Waals surface area contributed by atoms with E-state index < -0.39 is 5.97 Å². The van der Waals surface area contributed by atoms with Crippen molar-refractivity contribution in [3.8, 4) is 5.75 Å². The van der Waals surface area contributed by atoms with E-state index in [1.807, 2.05) is 0 Å². The first-order chi connectivity index (χ1) is 9.11. The lowest BCUT2D eigenvalue weighted by Gasteiger charge is -2.27. The maximum Gasteiger partial charge on any atom is 0.335 e.